The predicted octanol–water partition coefficient (Wildman–Crippen LogP) is 1.19. The highest BCUT2D eigenvalue weighted by molar-refractivity contribution is 7.10. The van der Waals surface area contributed by atoms with Crippen molar-refractivity contribution in [2.24, 2.45) is 0 Å². The quantitative estimate of drug-likeness (QED) is 0.858. The Labute approximate surface area is 120 Å². The van der Waals surface area contributed by atoms with Crippen LogP contribution < -0.4 is 0 Å². The smallest absolute Gasteiger partial charge is 0.251 e. The predicted molar refractivity (Wildman–Crippen MR) is 73.0 cm³/mol. The van der Waals surface area contributed by atoms with Gasteiger partial charge in [-0.25, -0.2) is 8.78 Å². The zero-order chi connectivity index (χ0) is 14.5. The van der Waals surface area contributed by atoms with E-state index in [2.05, 4.69) is 0 Å². The first-order chi connectivity index (χ1) is 9.60. The zero-order valence-electron chi connectivity index (χ0n) is 11.1. The van der Waals surface area contributed by atoms with Gasteiger partial charge in [-0.05, 0) is 23.4 Å². The third kappa shape index (κ3) is 3.97. The maximum atomic E-state index is 12.4. The fourth-order valence-electron chi connectivity index (χ4n) is 2.32. The van der Waals surface area contributed by atoms with Crippen LogP contribution in [0.4, 0.5) is 8.78 Å². The van der Waals surface area contributed by atoms with E-state index >= 15 is 0 Å². The Bertz CT molecular complexity index is 453. The molecule has 112 valence electrons. The molecule has 4 nitrogen and oxygen atoms in total. The molecule has 1 aromatic heterocycles. The van der Waals surface area contributed by atoms with Crippen molar-refractivity contribution in [3.05, 3.63) is 21.9 Å². The van der Waals surface area contributed by atoms with Crippen LogP contribution in [0.5, 0.6) is 0 Å². The number of alkyl halides is 2. The van der Waals surface area contributed by atoms with E-state index in [-0.39, 0.29) is 25.6 Å². The average molecular weight is 304 g/mol. The Hall–Kier alpha value is -1.05. The zero-order valence-corrected chi connectivity index (χ0v) is 11.9. The van der Waals surface area contributed by atoms with Crippen LogP contribution in [0.2, 0.25) is 0 Å². The second-order valence-corrected chi connectivity index (χ2v) is 5.78. The van der Waals surface area contributed by atoms with E-state index in [0.29, 0.717) is 13.1 Å². The minimum atomic E-state index is -2.50. The summed E-state index contributed by atoms with van der Waals surface area (Å²) in [7, 11) is 0. The Balaban J connectivity index is 1.90. The molecule has 0 saturated carbocycles. The fourth-order valence-corrected chi connectivity index (χ4v) is 3.21. The van der Waals surface area contributed by atoms with Crippen LogP contribution in [0.1, 0.15) is 10.4 Å². The molecule has 0 aromatic carbocycles. The van der Waals surface area contributed by atoms with Crippen LogP contribution in [0.15, 0.2) is 11.4 Å². The average Bonchev–Trinajstić information content (AvgIpc) is 2.85. The standard InChI is InChI=1S/C13H18F2N2O2S/c14-12(15)8-16(4-5-18)9-13(19)17-3-1-11-10(7-17)2-6-20-11/h2,6,12,18H,1,3-5,7-9H2. The monoisotopic (exact) mass is 304 g/mol. The lowest BCUT2D eigenvalue weighted by Crippen LogP contribution is -2.44. The summed E-state index contributed by atoms with van der Waals surface area (Å²) >= 11 is 1.69. The Morgan fingerprint density at radius 3 is 3.05 bits per heavy atom. The summed E-state index contributed by atoms with van der Waals surface area (Å²) in [6, 6.07) is 2.00. The van der Waals surface area contributed by atoms with Gasteiger partial charge in [0.25, 0.3) is 6.43 Å². The normalized spacial score (nSPS) is 14.9. The molecule has 1 N–H and O–H groups in total. The van der Waals surface area contributed by atoms with Crippen molar-refractivity contribution in [1.29, 1.82) is 0 Å². The van der Waals surface area contributed by atoms with Crippen molar-refractivity contribution < 1.29 is 18.7 Å². The highest BCUT2D eigenvalue weighted by atomic mass is 32.1. The maximum absolute atomic E-state index is 12.4. The van der Waals surface area contributed by atoms with Crippen LogP contribution >= 0.6 is 11.3 Å². The van der Waals surface area contributed by atoms with Crippen molar-refractivity contribution in [3.8, 4) is 0 Å². The molecule has 2 rings (SSSR count). The van der Waals surface area contributed by atoms with Gasteiger partial charge in [0.05, 0.1) is 19.7 Å². The lowest BCUT2D eigenvalue weighted by atomic mass is 10.1. The van der Waals surface area contributed by atoms with E-state index in [9.17, 15) is 13.6 Å². The third-order valence-electron chi connectivity index (χ3n) is 3.33. The molecule has 1 amide bonds. The van der Waals surface area contributed by atoms with E-state index in [4.69, 9.17) is 5.11 Å². The summed E-state index contributed by atoms with van der Waals surface area (Å²) in [5, 5.41) is 10.9. The molecule has 20 heavy (non-hydrogen) atoms. The SMILES string of the molecule is O=C(CN(CCO)CC(F)F)N1CCc2sccc2C1. The number of aliphatic hydroxyl groups is 1. The molecule has 0 unspecified atom stereocenters. The molecule has 0 fully saturated rings. The van der Waals surface area contributed by atoms with Gasteiger partial charge in [-0.2, -0.15) is 0 Å². The van der Waals surface area contributed by atoms with Crippen LogP contribution in [-0.2, 0) is 17.8 Å². The molecule has 0 bridgehead atoms. The number of nitrogens with zero attached hydrogens (tertiary/aromatic N) is 2. The number of fused-ring (bicyclic) bond motifs is 1. The number of aliphatic hydroxyl groups excluding tert-OH is 1. The van der Waals surface area contributed by atoms with Gasteiger partial charge in [-0.1, -0.05) is 0 Å². The van der Waals surface area contributed by atoms with E-state index < -0.39 is 13.0 Å². The molecule has 7 heteroatoms. The Kier molecular flexibility index (Phi) is 5.45. The number of hydrogen-bond donors (Lipinski definition) is 1. The van der Waals surface area contributed by atoms with Crippen LogP contribution in [0, 0.1) is 0 Å². The molecule has 1 aliphatic rings. The van der Waals surface area contributed by atoms with Gasteiger partial charge in [0.1, 0.15) is 0 Å². The summed E-state index contributed by atoms with van der Waals surface area (Å²) in [4.78, 5) is 16.5. The number of rotatable bonds is 6. The molecule has 0 atom stereocenters. The van der Waals surface area contributed by atoms with E-state index in [1.807, 2.05) is 11.4 Å². The molecule has 1 aliphatic heterocycles. The van der Waals surface area contributed by atoms with Crippen molar-refractivity contribution in [1.82, 2.24) is 9.80 Å². The first-order valence-electron chi connectivity index (χ1n) is 6.54. The summed E-state index contributed by atoms with van der Waals surface area (Å²) < 4.78 is 24.8. The minimum Gasteiger partial charge on any atom is -0.395 e. The van der Waals surface area contributed by atoms with Gasteiger partial charge in [-0.15, -0.1) is 11.3 Å². The number of carbonyl (C=O) groups excluding carboxylic acids is 1. The van der Waals surface area contributed by atoms with Gasteiger partial charge in [0.15, 0.2) is 0 Å². The maximum Gasteiger partial charge on any atom is 0.251 e. The molecule has 0 spiro atoms. The largest absolute Gasteiger partial charge is 0.395 e. The van der Waals surface area contributed by atoms with Gasteiger partial charge in [0.2, 0.25) is 5.91 Å². The second kappa shape index (κ2) is 7.10. The number of hydrogen-bond acceptors (Lipinski definition) is 4. The number of halogens is 2. The van der Waals surface area contributed by atoms with Gasteiger partial charge >= 0.3 is 0 Å². The number of thiophene rings is 1. The highest BCUT2D eigenvalue weighted by Crippen LogP contribution is 2.24. The van der Waals surface area contributed by atoms with E-state index in [1.54, 1.807) is 16.2 Å². The van der Waals surface area contributed by atoms with Gasteiger partial charge < -0.3 is 10.0 Å². The number of amides is 1. The molecule has 2 heterocycles. The van der Waals surface area contributed by atoms with Crippen LogP contribution in [0.3, 0.4) is 0 Å². The topological polar surface area (TPSA) is 43.8 Å². The van der Waals surface area contributed by atoms with Crippen molar-refractivity contribution in [2.45, 2.75) is 19.4 Å². The molecule has 0 saturated heterocycles. The van der Waals surface area contributed by atoms with Crippen LogP contribution in [-0.4, -0.2) is 60.0 Å². The second-order valence-electron chi connectivity index (χ2n) is 4.78. The minimum absolute atomic E-state index is 0.0651. The highest BCUT2D eigenvalue weighted by Gasteiger charge is 2.23. The first kappa shape index (κ1) is 15.3. The third-order valence-corrected chi connectivity index (χ3v) is 4.35. The summed E-state index contributed by atoms with van der Waals surface area (Å²) in [5.41, 5.74) is 1.15. The Morgan fingerprint density at radius 1 is 1.55 bits per heavy atom. The molecular weight excluding hydrogens is 286 g/mol. The Morgan fingerprint density at radius 2 is 2.35 bits per heavy atom. The first-order valence-corrected chi connectivity index (χ1v) is 7.42. The van der Waals surface area contributed by atoms with Crippen LogP contribution in [0.25, 0.3) is 0 Å². The van der Waals surface area contributed by atoms with Crippen molar-refractivity contribution >= 4 is 17.2 Å². The summed E-state index contributed by atoms with van der Waals surface area (Å²) in [6.07, 6.45) is -1.67. The van der Waals surface area contributed by atoms with Gasteiger partial charge in [-0.3, -0.25) is 9.69 Å². The number of carbonyl (C=O) groups is 1. The lowest BCUT2D eigenvalue weighted by molar-refractivity contribution is -0.133. The summed E-state index contributed by atoms with van der Waals surface area (Å²) in [5.74, 6) is -0.157. The van der Waals surface area contributed by atoms with Crippen molar-refractivity contribution in [2.75, 3.05) is 32.8 Å². The van der Waals surface area contributed by atoms with E-state index in [1.165, 1.54) is 9.78 Å². The summed E-state index contributed by atoms with van der Waals surface area (Å²) in [6.45, 7) is 0.504. The molecule has 0 aliphatic carbocycles. The lowest BCUT2D eigenvalue weighted by Gasteiger charge is -2.29. The van der Waals surface area contributed by atoms with E-state index in [0.717, 1.165) is 12.0 Å². The molecule has 1 aromatic rings. The van der Waals surface area contributed by atoms with Gasteiger partial charge in [0, 0.05) is 24.5 Å². The molecule has 0 radical (unpaired) electrons. The van der Waals surface area contributed by atoms with Crippen molar-refractivity contribution in [3.63, 3.8) is 0 Å². The fraction of sp³-hybridized carbons (Fsp3) is 0.615. The molecular formula is C13H18F2N2O2S.